The summed E-state index contributed by atoms with van der Waals surface area (Å²) in [7, 11) is 0. The van der Waals surface area contributed by atoms with Crippen molar-refractivity contribution >= 4 is 17.6 Å². The van der Waals surface area contributed by atoms with Gasteiger partial charge >= 0.3 is 0 Å². The van der Waals surface area contributed by atoms with E-state index in [4.69, 9.17) is 4.74 Å². The molecule has 8 nitrogen and oxygen atoms in total. The third kappa shape index (κ3) is 3.70. The molecule has 2 N–H and O–H groups in total. The number of nitrogens with one attached hydrogen (secondary N) is 1. The fourth-order valence-corrected chi connectivity index (χ4v) is 2.71. The molecule has 1 aliphatic rings. The first-order valence-corrected chi connectivity index (χ1v) is 8.32. The molecule has 0 unspecified atom stereocenters. The summed E-state index contributed by atoms with van der Waals surface area (Å²) < 4.78 is 5.41. The Hall–Kier alpha value is -3.26. The second kappa shape index (κ2) is 7.32. The van der Waals surface area contributed by atoms with Crippen molar-refractivity contribution in [3.05, 3.63) is 48.9 Å². The summed E-state index contributed by atoms with van der Waals surface area (Å²) in [6.45, 7) is 2.75. The van der Waals surface area contributed by atoms with Crippen molar-refractivity contribution in [1.29, 1.82) is 0 Å². The number of phenols is 1. The standard InChI is InChI=1S/C18H18N6O2/c25-14-3-1-2-13(10-14)15-11-16(22-17-12-19-4-5-20-17)23-18(21-15)24-6-8-26-9-7-24/h1-5,10-12,25H,6-9H2,(H,20,21,22,23). The van der Waals surface area contributed by atoms with Crippen molar-refractivity contribution in [2.24, 2.45) is 0 Å². The Balaban J connectivity index is 1.73. The van der Waals surface area contributed by atoms with Crippen LogP contribution in [0.15, 0.2) is 48.9 Å². The largest absolute Gasteiger partial charge is 0.508 e. The van der Waals surface area contributed by atoms with Gasteiger partial charge in [-0.05, 0) is 12.1 Å². The Bertz CT molecular complexity index is 884. The Morgan fingerprint density at radius 2 is 1.92 bits per heavy atom. The van der Waals surface area contributed by atoms with Crippen molar-refractivity contribution in [2.45, 2.75) is 0 Å². The number of hydrogen-bond donors (Lipinski definition) is 2. The van der Waals surface area contributed by atoms with Gasteiger partial charge in [-0.25, -0.2) is 9.97 Å². The zero-order valence-electron chi connectivity index (χ0n) is 14.0. The van der Waals surface area contributed by atoms with Gasteiger partial charge in [-0.3, -0.25) is 4.98 Å². The number of hydrogen-bond acceptors (Lipinski definition) is 8. The van der Waals surface area contributed by atoms with Crippen LogP contribution in [0.4, 0.5) is 17.6 Å². The predicted octanol–water partition coefficient (Wildman–Crippen LogP) is 2.22. The number of nitrogens with zero attached hydrogens (tertiary/aromatic N) is 5. The van der Waals surface area contributed by atoms with Gasteiger partial charge in [0.25, 0.3) is 0 Å². The molecule has 132 valence electrons. The van der Waals surface area contributed by atoms with Crippen LogP contribution in [-0.2, 0) is 4.74 Å². The summed E-state index contributed by atoms with van der Waals surface area (Å²) in [4.78, 5) is 19.7. The minimum absolute atomic E-state index is 0.192. The number of aromatic nitrogens is 4. The van der Waals surface area contributed by atoms with Gasteiger partial charge in [0, 0.05) is 37.1 Å². The molecule has 0 amide bonds. The van der Waals surface area contributed by atoms with Crippen LogP contribution in [0.2, 0.25) is 0 Å². The molecule has 0 aliphatic carbocycles. The molecule has 26 heavy (non-hydrogen) atoms. The van der Waals surface area contributed by atoms with E-state index in [0.717, 1.165) is 18.7 Å². The van der Waals surface area contributed by atoms with Gasteiger partial charge in [-0.1, -0.05) is 12.1 Å². The Kier molecular flexibility index (Phi) is 4.57. The molecule has 2 aromatic heterocycles. The number of aromatic hydroxyl groups is 1. The molecule has 0 bridgehead atoms. The number of phenolic OH excluding ortho intramolecular Hbond substituents is 1. The van der Waals surface area contributed by atoms with Gasteiger partial charge in [-0.15, -0.1) is 0 Å². The summed E-state index contributed by atoms with van der Waals surface area (Å²) >= 11 is 0. The quantitative estimate of drug-likeness (QED) is 0.739. The van der Waals surface area contributed by atoms with Crippen molar-refractivity contribution in [3.63, 3.8) is 0 Å². The predicted molar refractivity (Wildman–Crippen MR) is 97.5 cm³/mol. The zero-order valence-corrected chi connectivity index (χ0v) is 14.0. The van der Waals surface area contributed by atoms with Gasteiger partial charge in [0.05, 0.1) is 25.1 Å². The van der Waals surface area contributed by atoms with Gasteiger partial charge in [-0.2, -0.15) is 4.98 Å². The highest BCUT2D eigenvalue weighted by Gasteiger charge is 2.16. The summed E-state index contributed by atoms with van der Waals surface area (Å²) in [5, 5.41) is 13.0. The third-order valence-corrected chi connectivity index (χ3v) is 3.97. The lowest BCUT2D eigenvalue weighted by atomic mass is 10.1. The fraction of sp³-hybridized carbons (Fsp3) is 0.222. The van der Waals surface area contributed by atoms with E-state index in [1.807, 2.05) is 12.1 Å². The topological polar surface area (TPSA) is 96.3 Å². The first-order chi connectivity index (χ1) is 12.8. The van der Waals surface area contributed by atoms with Crippen molar-refractivity contribution in [3.8, 4) is 17.0 Å². The molecule has 0 saturated carbocycles. The van der Waals surface area contributed by atoms with E-state index in [2.05, 4.69) is 30.2 Å². The van der Waals surface area contributed by atoms with E-state index >= 15 is 0 Å². The number of ether oxygens (including phenoxy) is 1. The van der Waals surface area contributed by atoms with E-state index in [9.17, 15) is 5.11 Å². The number of anilines is 3. The molecule has 0 atom stereocenters. The Morgan fingerprint density at radius 1 is 1.04 bits per heavy atom. The molecule has 1 aromatic carbocycles. The highest BCUT2D eigenvalue weighted by atomic mass is 16.5. The van der Waals surface area contributed by atoms with Crippen LogP contribution in [0, 0.1) is 0 Å². The summed E-state index contributed by atoms with van der Waals surface area (Å²) in [6.07, 6.45) is 4.86. The highest BCUT2D eigenvalue weighted by molar-refractivity contribution is 5.67. The van der Waals surface area contributed by atoms with Crippen LogP contribution in [0.3, 0.4) is 0 Å². The molecule has 4 rings (SSSR count). The van der Waals surface area contributed by atoms with Crippen LogP contribution in [-0.4, -0.2) is 51.3 Å². The van der Waals surface area contributed by atoms with Crippen LogP contribution >= 0.6 is 0 Å². The van der Waals surface area contributed by atoms with Crippen molar-refractivity contribution in [2.75, 3.05) is 36.5 Å². The van der Waals surface area contributed by atoms with E-state index in [0.29, 0.717) is 36.5 Å². The maximum Gasteiger partial charge on any atom is 0.228 e. The summed E-state index contributed by atoms with van der Waals surface area (Å²) in [6, 6.07) is 8.82. The number of benzene rings is 1. The average Bonchev–Trinajstić information content (AvgIpc) is 2.69. The van der Waals surface area contributed by atoms with Crippen molar-refractivity contribution < 1.29 is 9.84 Å². The molecule has 1 fully saturated rings. The monoisotopic (exact) mass is 350 g/mol. The van der Waals surface area contributed by atoms with Crippen LogP contribution in [0.5, 0.6) is 5.75 Å². The molecule has 1 saturated heterocycles. The third-order valence-electron chi connectivity index (χ3n) is 3.97. The first-order valence-electron chi connectivity index (χ1n) is 8.32. The SMILES string of the molecule is Oc1cccc(-c2cc(Nc3cnccn3)nc(N3CCOCC3)n2)c1. The smallest absolute Gasteiger partial charge is 0.228 e. The van der Waals surface area contributed by atoms with Gasteiger partial charge < -0.3 is 20.1 Å². The lowest BCUT2D eigenvalue weighted by Gasteiger charge is -2.27. The van der Waals surface area contributed by atoms with Crippen LogP contribution in [0.1, 0.15) is 0 Å². The highest BCUT2D eigenvalue weighted by Crippen LogP contribution is 2.26. The fourth-order valence-electron chi connectivity index (χ4n) is 2.71. The number of rotatable bonds is 4. The minimum atomic E-state index is 0.192. The average molecular weight is 350 g/mol. The molecule has 8 heteroatoms. The molecule has 1 aliphatic heterocycles. The maximum absolute atomic E-state index is 9.79. The van der Waals surface area contributed by atoms with Crippen LogP contribution < -0.4 is 10.2 Å². The Labute approximate surface area is 150 Å². The molecular weight excluding hydrogens is 332 g/mol. The lowest BCUT2D eigenvalue weighted by Crippen LogP contribution is -2.37. The lowest BCUT2D eigenvalue weighted by molar-refractivity contribution is 0.122. The molecular formula is C18H18N6O2. The van der Waals surface area contributed by atoms with Crippen LogP contribution in [0.25, 0.3) is 11.3 Å². The molecule has 3 aromatic rings. The van der Waals surface area contributed by atoms with Gasteiger partial charge in [0.15, 0.2) is 0 Å². The normalized spacial score (nSPS) is 14.2. The Morgan fingerprint density at radius 3 is 2.69 bits per heavy atom. The second-order valence-electron chi connectivity index (χ2n) is 5.80. The molecule has 0 radical (unpaired) electrons. The van der Waals surface area contributed by atoms with E-state index in [1.54, 1.807) is 36.8 Å². The number of morpholine rings is 1. The summed E-state index contributed by atoms with van der Waals surface area (Å²) in [5.74, 6) is 2.01. The molecule has 0 spiro atoms. The van der Waals surface area contributed by atoms with Crippen molar-refractivity contribution in [1.82, 2.24) is 19.9 Å². The minimum Gasteiger partial charge on any atom is -0.508 e. The van der Waals surface area contributed by atoms with E-state index < -0.39 is 0 Å². The van der Waals surface area contributed by atoms with E-state index in [-0.39, 0.29) is 5.75 Å². The second-order valence-corrected chi connectivity index (χ2v) is 5.80. The summed E-state index contributed by atoms with van der Waals surface area (Å²) in [5.41, 5.74) is 1.52. The zero-order chi connectivity index (χ0) is 17.8. The van der Waals surface area contributed by atoms with Gasteiger partial charge in [0.2, 0.25) is 5.95 Å². The maximum atomic E-state index is 9.79. The molecule has 3 heterocycles. The first kappa shape index (κ1) is 16.2. The van der Waals surface area contributed by atoms with E-state index in [1.165, 1.54) is 0 Å². The van der Waals surface area contributed by atoms with Gasteiger partial charge in [0.1, 0.15) is 17.4 Å².